The van der Waals surface area contributed by atoms with E-state index in [1.54, 1.807) is 23.1 Å². The molecule has 3 aliphatic heterocycles. The molecule has 2 N–H and O–H groups in total. The number of benzene rings is 1. The number of carbonyl (C=O) groups excluding carboxylic acids is 5. The van der Waals surface area contributed by atoms with E-state index in [-0.39, 0.29) is 49.6 Å². The van der Waals surface area contributed by atoms with Gasteiger partial charge in [0, 0.05) is 67.3 Å². The highest BCUT2D eigenvalue weighted by atomic mass is 16.6. The van der Waals surface area contributed by atoms with E-state index in [1.807, 2.05) is 20.8 Å². The van der Waals surface area contributed by atoms with E-state index in [0.717, 1.165) is 13.0 Å². The molecule has 0 aliphatic carbocycles. The van der Waals surface area contributed by atoms with Crippen molar-refractivity contribution in [3.05, 3.63) is 39.8 Å². The van der Waals surface area contributed by atoms with Crippen molar-refractivity contribution >= 4 is 35.4 Å². The van der Waals surface area contributed by atoms with E-state index < -0.39 is 23.6 Å². The minimum absolute atomic E-state index is 0.0528. The van der Waals surface area contributed by atoms with Gasteiger partial charge in [0.05, 0.1) is 6.04 Å². The molecule has 0 saturated carbocycles. The number of ether oxygens (including phenoxy) is 1. The number of likely N-dealkylation sites (tertiary alicyclic amines) is 1. The molecule has 14 nitrogen and oxygen atoms in total. The van der Waals surface area contributed by atoms with E-state index in [4.69, 9.17) is 10.3 Å². The Hall–Kier alpha value is -4.16. The highest BCUT2D eigenvalue weighted by molar-refractivity contribution is 6.06. The van der Waals surface area contributed by atoms with Gasteiger partial charge in [0.2, 0.25) is 17.7 Å². The molecule has 4 rings (SSSR count). The first-order valence-electron chi connectivity index (χ1n) is 14.8. The molecular weight excluding hydrogens is 556 g/mol. The summed E-state index contributed by atoms with van der Waals surface area (Å²) in [5.74, 6) is -1.35. The van der Waals surface area contributed by atoms with Crippen molar-refractivity contribution in [2.75, 3.05) is 38.0 Å². The number of nitrogens with one attached hydrogen (secondary N) is 2. The van der Waals surface area contributed by atoms with Crippen LogP contribution >= 0.6 is 0 Å². The minimum atomic E-state index is -0.730. The first kappa shape index (κ1) is 31.8. The molecule has 1 aromatic rings. The second-order valence-corrected chi connectivity index (χ2v) is 12.2. The van der Waals surface area contributed by atoms with Crippen LogP contribution in [0.25, 0.3) is 10.4 Å². The Bertz CT molecular complexity index is 1300. The van der Waals surface area contributed by atoms with Crippen LogP contribution in [0.2, 0.25) is 0 Å². The lowest BCUT2D eigenvalue weighted by atomic mass is 10.0. The van der Waals surface area contributed by atoms with Gasteiger partial charge < -0.3 is 24.8 Å². The number of nitrogens with zero attached hydrogens (tertiary/aromatic N) is 6. The van der Waals surface area contributed by atoms with Crippen molar-refractivity contribution in [3.8, 4) is 0 Å². The summed E-state index contributed by atoms with van der Waals surface area (Å²) in [6, 6.07) is 4.31. The van der Waals surface area contributed by atoms with Gasteiger partial charge in [0.25, 0.3) is 5.91 Å². The fourth-order valence-electron chi connectivity index (χ4n) is 5.57. The highest BCUT2D eigenvalue weighted by Crippen LogP contribution is 2.32. The molecule has 43 heavy (non-hydrogen) atoms. The number of anilines is 1. The van der Waals surface area contributed by atoms with Crippen LogP contribution in [0.15, 0.2) is 23.3 Å². The maximum absolute atomic E-state index is 13.0. The Morgan fingerprint density at radius 3 is 2.70 bits per heavy atom. The van der Waals surface area contributed by atoms with E-state index >= 15 is 0 Å². The van der Waals surface area contributed by atoms with Crippen LogP contribution in [0.3, 0.4) is 0 Å². The summed E-state index contributed by atoms with van der Waals surface area (Å²) in [5, 5.41) is 8.99. The van der Waals surface area contributed by atoms with Gasteiger partial charge in [-0.05, 0) is 70.7 Å². The first-order valence-corrected chi connectivity index (χ1v) is 14.8. The minimum Gasteiger partial charge on any atom is -0.444 e. The summed E-state index contributed by atoms with van der Waals surface area (Å²) in [7, 11) is 0. The van der Waals surface area contributed by atoms with Crippen molar-refractivity contribution in [2.24, 2.45) is 5.11 Å². The van der Waals surface area contributed by atoms with Crippen molar-refractivity contribution in [1.82, 2.24) is 20.0 Å². The van der Waals surface area contributed by atoms with Crippen molar-refractivity contribution in [1.29, 1.82) is 0 Å². The number of hydrogen-bond acceptors (Lipinski definition) is 8. The van der Waals surface area contributed by atoms with Crippen LogP contribution in [-0.2, 0) is 25.7 Å². The Balaban J connectivity index is 1.28. The average Bonchev–Trinajstić information content (AvgIpc) is 3.52. The normalized spacial score (nSPS) is 20.3. The van der Waals surface area contributed by atoms with Crippen molar-refractivity contribution in [2.45, 2.75) is 83.5 Å². The van der Waals surface area contributed by atoms with Gasteiger partial charge in [-0.15, -0.1) is 0 Å². The SMILES string of the molecule is CC(C)(C)OC(=O)N(CCCCC(=O)Nc1cccc2c1CN(C1CCC(=O)NC1=O)C2=O)CCN1CCC(N=[N+]=[N-])C1. The summed E-state index contributed by atoms with van der Waals surface area (Å²) in [4.78, 5) is 70.8. The third-order valence-electron chi connectivity index (χ3n) is 7.74. The number of hydrogen-bond donors (Lipinski definition) is 2. The Morgan fingerprint density at radius 2 is 1.98 bits per heavy atom. The molecule has 3 heterocycles. The molecule has 0 bridgehead atoms. The number of carbonyl (C=O) groups is 5. The predicted octanol–water partition coefficient (Wildman–Crippen LogP) is 3.18. The molecule has 2 atom stereocenters. The monoisotopic (exact) mass is 596 g/mol. The number of unbranched alkanes of at least 4 members (excludes halogenated alkanes) is 1. The molecule has 0 spiro atoms. The lowest BCUT2D eigenvalue weighted by Crippen LogP contribution is -2.52. The molecule has 14 heteroatoms. The summed E-state index contributed by atoms with van der Waals surface area (Å²) in [6.45, 7) is 8.58. The zero-order valence-corrected chi connectivity index (χ0v) is 25.0. The van der Waals surface area contributed by atoms with E-state index in [2.05, 4.69) is 25.6 Å². The van der Waals surface area contributed by atoms with E-state index in [9.17, 15) is 24.0 Å². The van der Waals surface area contributed by atoms with Crippen LogP contribution in [0.4, 0.5) is 10.5 Å². The Labute approximate surface area is 250 Å². The Kier molecular flexibility index (Phi) is 10.3. The summed E-state index contributed by atoms with van der Waals surface area (Å²) in [6.07, 6.45) is 2.15. The summed E-state index contributed by atoms with van der Waals surface area (Å²) >= 11 is 0. The number of imide groups is 1. The van der Waals surface area contributed by atoms with Gasteiger partial charge >= 0.3 is 6.09 Å². The average molecular weight is 597 g/mol. The van der Waals surface area contributed by atoms with Gasteiger partial charge in [-0.25, -0.2) is 4.79 Å². The van der Waals surface area contributed by atoms with E-state index in [0.29, 0.717) is 55.8 Å². The number of azide groups is 1. The van der Waals surface area contributed by atoms with Gasteiger partial charge in [-0.2, -0.15) is 0 Å². The molecule has 2 unspecified atom stereocenters. The van der Waals surface area contributed by atoms with Gasteiger partial charge in [-0.1, -0.05) is 11.2 Å². The smallest absolute Gasteiger partial charge is 0.410 e. The van der Waals surface area contributed by atoms with Crippen molar-refractivity contribution < 1.29 is 28.7 Å². The van der Waals surface area contributed by atoms with Crippen LogP contribution in [0, 0.1) is 0 Å². The highest BCUT2D eigenvalue weighted by Gasteiger charge is 2.40. The van der Waals surface area contributed by atoms with Crippen LogP contribution in [0.1, 0.15) is 75.2 Å². The lowest BCUT2D eigenvalue weighted by molar-refractivity contribution is -0.137. The molecule has 2 saturated heterocycles. The molecule has 1 aromatic carbocycles. The third-order valence-corrected chi connectivity index (χ3v) is 7.74. The lowest BCUT2D eigenvalue weighted by Gasteiger charge is -2.29. The fraction of sp³-hybridized carbons (Fsp3) is 0.621. The molecule has 3 aliphatic rings. The zero-order valence-electron chi connectivity index (χ0n) is 25.0. The topological polar surface area (TPSA) is 177 Å². The standard InChI is InChI=1S/C29H40N8O6/c1-29(2,3)43-28(42)36(16-15-35-14-12-19(17-35)33-34-30)13-5-4-9-24(38)31-22-8-6-7-20-21(22)18-37(27(20)41)23-10-11-25(39)32-26(23)40/h6-8,19,23H,4-5,9-18H2,1-3H3,(H,31,38)(H,32,39,40). The van der Waals surface area contributed by atoms with Crippen LogP contribution in [-0.4, -0.2) is 94.8 Å². The molecule has 2 fully saturated rings. The zero-order chi connectivity index (χ0) is 31.1. The molecule has 232 valence electrons. The Morgan fingerprint density at radius 1 is 1.19 bits per heavy atom. The quantitative estimate of drug-likeness (QED) is 0.130. The molecule has 0 aromatic heterocycles. The first-order chi connectivity index (χ1) is 20.4. The second-order valence-electron chi connectivity index (χ2n) is 12.2. The maximum atomic E-state index is 13.0. The largest absolute Gasteiger partial charge is 0.444 e. The van der Waals surface area contributed by atoms with Crippen LogP contribution < -0.4 is 10.6 Å². The third kappa shape index (κ3) is 8.45. The number of rotatable bonds is 11. The number of fused-ring (bicyclic) bond motifs is 1. The maximum Gasteiger partial charge on any atom is 0.410 e. The van der Waals surface area contributed by atoms with Gasteiger partial charge in [-0.3, -0.25) is 24.5 Å². The molecule has 0 radical (unpaired) electrons. The second kappa shape index (κ2) is 13.9. The van der Waals surface area contributed by atoms with Crippen LogP contribution in [0.5, 0.6) is 0 Å². The van der Waals surface area contributed by atoms with Gasteiger partial charge in [0.1, 0.15) is 11.6 Å². The number of piperidine rings is 1. The summed E-state index contributed by atoms with van der Waals surface area (Å²) < 4.78 is 5.60. The molecule has 5 amide bonds. The molecular formula is C29H40N8O6. The van der Waals surface area contributed by atoms with Crippen molar-refractivity contribution in [3.63, 3.8) is 0 Å². The number of amides is 5. The predicted molar refractivity (Wildman–Crippen MR) is 157 cm³/mol. The summed E-state index contributed by atoms with van der Waals surface area (Å²) in [5.41, 5.74) is 9.64. The van der Waals surface area contributed by atoms with E-state index in [1.165, 1.54) is 4.90 Å². The van der Waals surface area contributed by atoms with Gasteiger partial charge in [0.15, 0.2) is 0 Å². The fourth-order valence-corrected chi connectivity index (χ4v) is 5.57.